The summed E-state index contributed by atoms with van der Waals surface area (Å²) in [4.78, 5) is 32.8. The van der Waals surface area contributed by atoms with E-state index in [9.17, 15) is 5.26 Å². The van der Waals surface area contributed by atoms with Gasteiger partial charge in [-0.25, -0.2) is 34.9 Å². The van der Waals surface area contributed by atoms with Gasteiger partial charge in [0.1, 0.15) is 29.1 Å². The summed E-state index contributed by atoms with van der Waals surface area (Å²) in [6, 6.07) is 41.7. The lowest BCUT2D eigenvalue weighted by Gasteiger charge is -2.17. The molecule has 0 amide bonds. The van der Waals surface area contributed by atoms with Crippen molar-refractivity contribution >= 4 is 43.6 Å². The summed E-state index contributed by atoms with van der Waals surface area (Å²) in [5.74, 6) is 4.70. The fraction of sp³-hybridized carbons (Fsp3) is 0.0870. The Morgan fingerprint density at radius 2 is 0.929 bits per heavy atom. The molecule has 0 atom stereocenters. The van der Waals surface area contributed by atoms with E-state index in [1.54, 1.807) is 0 Å². The van der Waals surface area contributed by atoms with E-state index in [0.29, 0.717) is 40.5 Å². The predicted octanol–water partition coefficient (Wildman–Crippen LogP) is 9.75. The average molecular weight is 725 g/mol. The van der Waals surface area contributed by atoms with Crippen LogP contribution >= 0.6 is 0 Å². The highest BCUT2D eigenvalue weighted by Gasteiger charge is 2.21. The second-order valence-electron chi connectivity index (χ2n) is 13.9. The first-order valence-corrected chi connectivity index (χ1v) is 18.3. The van der Waals surface area contributed by atoms with E-state index in [1.165, 1.54) is 0 Å². The molecule has 5 aromatic carbocycles. The maximum atomic E-state index is 9.71. The number of nitriles is 1. The molecule has 0 saturated carbocycles. The molecule has 5 aromatic heterocycles. The minimum Gasteiger partial charge on any atom is -0.307 e. The maximum absolute atomic E-state index is 9.71. The van der Waals surface area contributed by atoms with Crippen LogP contribution in [0.25, 0.3) is 89.0 Å². The fourth-order valence-corrected chi connectivity index (χ4v) is 7.91. The van der Waals surface area contributed by atoms with Crippen LogP contribution < -0.4 is 0 Å². The van der Waals surface area contributed by atoms with Crippen LogP contribution in [0.15, 0.2) is 121 Å². The second kappa shape index (κ2) is 12.7. The van der Waals surface area contributed by atoms with Crippen molar-refractivity contribution in [2.45, 2.75) is 27.7 Å². The molecule has 5 heterocycles. The van der Waals surface area contributed by atoms with Crippen molar-refractivity contribution in [1.82, 2.24) is 44.0 Å². The average Bonchev–Trinajstić information content (AvgIpc) is 3.72. The van der Waals surface area contributed by atoms with Crippen LogP contribution in [0.5, 0.6) is 0 Å². The van der Waals surface area contributed by atoms with Gasteiger partial charge in [-0.3, -0.25) is 4.57 Å². The minimum absolute atomic E-state index is 0.591. The Labute approximate surface area is 321 Å². The Balaban J connectivity index is 1.26. The van der Waals surface area contributed by atoms with E-state index >= 15 is 0 Å². The number of para-hydroxylation sites is 2. The van der Waals surface area contributed by atoms with Gasteiger partial charge in [0, 0.05) is 38.2 Å². The van der Waals surface area contributed by atoms with Gasteiger partial charge in [-0.1, -0.05) is 72.8 Å². The Kier molecular flexibility index (Phi) is 7.50. The topological polar surface area (TPSA) is 124 Å². The molecule has 56 heavy (non-hydrogen) atoms. The monoisotopic (exact) mass is 724 g/mol. The van der Waals surface area contributed by atoms with E-state index in [0.717, 1.165) is 77.4 Å². The van der Waals surface area contributed by atoms with Gasteiger partial charge in [0.05, 0.1) is 45.6 Å². The van der Waals surface area contributed by atoms with E-state index in [2.05, 4.69) is 136 Å². The fourth-order valence-electron chi connectivity index (χ4n) is 7.91. The minimum atomic E-state index is 0.591. The third-order valence-corrected chi connectivity index (χ3v) is 10.2. The zero-order valence-corrected chi connectivity index (χ0v) is 31.0. The number of aryl methyl sites for hydroxylation is 4. The van der Waals surface area contributed by atoms with Gasteiger partial charge in [-0.15, -0.1) is 0 Å². The number of hydrogen-bond donors (Lipinski definition) is 0. The first kappa shape index (κ1) is 33.0. The van der Waals surface area contributed by atoms with Crippen molar-refractivity contribution < 1.29 is 0 Å². The Bertz CT molecular complexity index is 3220. The molecule has 0 spiro atoms. The summed E-state index contributed by atoms with van der Waals surface area (Å²) in [6.45, 7) is 7.54. The third-order valence-electron chi connectivity index (χ3n) is 10.2. The Hall–Kier alpha value is -7.64. The lowest BCUT2D eigenvalue weighted by atomic mass is 10.0. The van der Waals surface area contributed by atoms with Crippen molar-refractivity contribution in [3.63, 3.8) is 0 Å². The first-order valence-electron chi connectivity index (χ1n) is 18.3. The number of nitrogens with zero attached hydrogens (tertiary/aromatic N) is 10. The zero-order valence-electron chi connectivity index (χ0n) is 31.0. The van der Waals surface area contributed by atoms with Gasteiger partial charge in [0.15, 0.2) is 11.6 Å². The number of rotatable bonds is 5. The van der Waals surface area contributed by atoms with Crippen LogP contribution in [0.3, 0.4) is 0 Å². The molecule has 0 N–H and O–H groups in total. The maximum Gasteiger partial charge on any atom is 0.163 e. The summed E-state index contributed by atoms with van der Waals surface area (Å²) in [5, 5.41) is 14.1. The smallest absolute Gasteiger partial charge is 0.163 e. The van der Waals surface area contributed by atoms with Gasteiger partial charge in [0.25, 0.3) is 0 Å². The van der Waals surface area contributed by atoms with Gasteiger partial charge < -0.3 is 4.57 Å². The summed E-state index contributed by atoms with van der Waals surface area (Å²) in [6.07, 6.45) is 1.96. The molecule has 266 valence electrons. The molecular formula is C46H32N10. The largest absolute Gasteiger partial charge is 0.307 e. The number of benzene rings is 5. The van der Waals surface area contributed by atoms with Gasteiger partial charge in [-0.2, -0.15) is 5.26 Å². The number of aromatic nitrogens is 9. The summed E-state index contributed by atoms with van der Waals surface area (Å²) in [7, 11) is 0. The van der Waals surface area contributed by atoms with Gasteiger partial charge >= 0.3 is 0 Å². The quantitative estimate of drug-likeness (QED) is 0.172. The molecule has 0 saturated heterocycles. The summed E-state index contributed by atoms with van der Waals surface area (Å²) >= 11 is 0. The van der Waals surface area contributed by atoms with Crippen molar-refractivity contribution in [2.24, 2.45) is 0 Å². The summed E-state index contributed by atoms with van der Waals surface area (Å²) < 4.78 is 4.48. The Morgan fingerprint density at radius 3 is 1.46 bits per heavy atom. The van der Waals surface area contributed by atoms with Crippen LogP contribution in [0, 0.1) is 39.0 Å². The molecule has 10 aromatic rings. The van der Waals surface area contributed by atoms with Crippen molar-refractivity contribution in [1.29, 1.82) is 5.26 Å². The highest BCUT2D eigenvalue weighted by atomic mass is 15.1. The number of hydrogen-bond acceptors (Lipinski definition) is 8. The molecule has 0 aliphatic carbocycles. The number of pyridine rings is 1. The standard InChI is InChI=1S/C46H32N10/c1-26-49-27(2)52-45(51-26)32-17-19-36-34-9-5-7-11-39(34)55(41(36)21-32)43-25-48-44(23-38(43)31-15-13-30(24-47)14-16-31)56-40-12-8-6-10-35(40)37-20-18-33(22-42(37)56)46-53-28(3)50-29(4)54-46/h5-23,25H,1-4H3. The van der Waals surface area contributed by atoms with E-state index in [4.69, 9.17) is 4.98 Å². The van der Waals surface area contributed by atoms with E-state index in [-0.39, 0.29) is 0 Å². The lowest BCUT2D eigenvalue weighted by molar-refractivity contribution is 0.928. The highest BCUT2D eigenvalue weighted by molar-refractivity contribution is 6.11. The van der Waals surface area contributed by atoms with Crippen LogP contribution in [0.2, 0.25) is 0 Å². The third kappa shape index (κ3) is 5.36. The first-order chi connectivity index (χ1) is 27.3. The molecule has 0 fully saturated rings. The molecule has 10 heteroatoms. The molecule has 0 aliphatic heterocycles. The number of fused-ring (bicyclic) bond motifs is 6. The second-order valence-corrected chi connectivity index (χ2v) is 13.9. The van der Waals surface area contributed by atoms with Gasteiger partial charge in [0.2, 0.25) is 0 Å². The van der Waals surface area contributed by atoms with Gasteiger partial charge in [-0.05, 0) is 75.7 Å². The lowest BCUT2D eigenvalue weighted by Crippen LogP contribution is -2.04. The SMILES string of the molecule is Cc1nc(C)nc(-c2ccc3c4ccccc4n(-c4cc(-c5ccc(C#N)cc5)c(-n5c6ccccc6c6ccc(-c7nc(C)nc(C)n7)cc65)cn4)c3c2)n1. The van der Waals surface area contributed by atoms with Crippen LogP contribution in [-0.4, -0.2) is 44.0 Å². The predicted molar refractivity (Wildman–Crippen MR) is 220 cm³/mol. The summed E-state index contributed by atoms with van der Waals surface area (Å²) in [5.41, 5.74) is 9.21. The van der Waals surface area contributed by atoms with Crippen molar-refractivity contribution in [3.05, 3.63) is 150 Å². The van der Waals surface area contributed by atoms with Crippen LogP contribution in [-0.2, 0) is 0 Å². The molecule has 0 unspecified atom stereocenters. The van der Waals surface area contributed by atoms with Crippen LogP contribution in [0.1, 0.15) is 28.9 Å². The molecule has 10 nitrogen and oxygen atoms in total. The molecular weight excluding hydrogens is 693 g/mol. The molecule has 0 aliphatic rings. The normalized spacial score (nSPS) is 11.6. The molecule has 0 bridgehead atoms. The Morgan fingerprint density at radius 1 is 0.464 bits per heavy atom. The molecule has 10 rings (SSSR count). The van der Waals surface area contributed by atoms with Crippen LogP contribution in [0.4, 0.5) is 0 Å². The molecule has 0 radical (unpaired) electrons. The van der Waals surface area contributed by atoms with E-state index in [1.807, 2.05) is 58.2 Å². The van der Waals surface area contributed by atoms with Crippen molar-refractivity contribution in [3.8, 4) is 51.5 Å². The van der Waals surface area contributed by atoms with E-state index < -0.39 is 0 Å². The zero-order chi connectivity index (χ0) is 38.1. The highest BCUT2D eigenvalue weighted by Crippen LogP contribution is 2.40. The van der Waals surface area contributed by atoms with Crippen molar-refractivity contribution in [2.75, 3.05) is 0 Å².